The lowest BCUT2D eigenvalue weighted by Crippen LogP contribution is -2.11. The van der Waals surface area contributed by atoms with E-state index in [0.29, 0.717) is 0 Å². The highest BCUT2D eigenvalue weighted by Gasteiger charge is 2.04. The smallest absolute Gasteiger partial charge is 0.302 e. The highest BCUT2D eigenvalue weighted by molar-refractivity contribution is 5.66. The maximum atomic E-state index is 10.8. The zero-order valence-electron chi connectivity index (χ0n) is 14.1. The predicted molar refractivity (Wildman–Crippen MR) is 86.9 cm³/mol. The summed E-state index contributed by atoms with van der Waals surface area (Å²) in [6.45, 7) is 5.74. The first kappa shape index (κ1) is 19.5. The number of hydrogen-bond acceptors (Lipinski definition) is 2. The average Bonchev–Trinajstić information content (AvgIpc) is 2.39. The molecule has 0 radical (unpaired) electrons. The molecular weight excluding hydrogens is 248 g/mol. The summed E-state index contributed by atoms with van der Waals surface area (Å²) in [6, 6.07) is 0. The molecule has 0 aliphatic carbocycles. The first-order valence-electron chi connectivity index (χ1n) is 8.84. The number of carbonyl (C=O) groups excluding carboxylic acids is 1. The topological polar surface area (TPSA) is 26.3 Å². The SMILES string of the molecule is CCCCCCCCCCCCCCC(C)OC(C)=O. The normalized spacial score (nSPS) is 12.3. The van der Waals surface area contributed by atoms with Gasteiger partial charge in [-0.05, 0) is 19.8 Å². The molecule has 0 aromatic rings. The van der Waals surface area contributed by atoms with Gasteiger partial charge in [0.05, 0.1) is 6.10 Å². The number of unbranched alkanes of at least 4 members (excludes halogenated alkanes) is 11. The second-order valence-corrected chi connectivity index (χ2v) is 6.10. The molecule has 0 saturated heterocycles. The van der Waals surface area contributed by atoms with E-state index in [1.807, 2.05) is 6.92 Å². The van der Waals surface area contributed by atoms with Gasteiger partial charge >= 0.3 is 5.97 Å². The minimum absolute atomic E-state index is 0.0932. The van der Waals surface area contributed by atoms with Crippen LogP contribution in [-0.2, 0) is 9.53 Å². The third-order valence-electron chi connectivity index (χ3n) is 3.83. The summed E-state index contributed by atoms with van der Waals surface area (Å²) in [7, 11) is 0. The lowest BCUT2D eigenvalue weighted by Gasteiger charge is -2.11. The fourth-order valence-electron chi connectivity index (χ4n) is 2.62. The van der Waals surface area contributed by atoms with E-state index in [9.17, 15) is 4.79 Å². The molecule has 0 saturated carbocycles. The minimum Gasteiger partial charge on any atom is -0.463 e. The van der Waals surface area contributed by atoms with Crippen LogP contribution in [-0.4, -0.2) is 12.1 Å². The molecule has 0 rings (SSSR count). The van der Waals surface area contributed by atoms with Gasteiger partial charge in [0, 0.05) is 6.92 Å². The highest BCUT2D eigenvalue weighted by Crippen LogP contribution is 2.13. The Morgan fingerprint density at radius 3 is 1.60 bits per heavy atom. The Hall–Kier alpha value is -0.530. The number of ether oxygens (including phenoxy) is 1. The summed E-state index contributed by atoms with van der Waals surface area (Å²) < 4.78 is 5.11. The summed E-state index contributed by atoms with van der Waals surface area (Å²) in [4.78, 5) is 10.8. The number of hydrogen-bond donors (Lipinski definition) is 0. The van der Waals surface area contributed by atoms with Gasteiger partial charge in [-0.25, -0.2) is 0 Å². The van der Waals surface area contributed by atoms with Crippen LogP contribution in [0.25, 0.3) is 0 Å². The van der Waals surface area contributed by atoms with E-state index in [2.05, 4.69) is 6.92 Å². The summed E-state index contributed by atoms with van der Waals surface area (Å²) in [6.07, 6.45) is 17.6. The molecule has 0 amide bonds. The monoisotopic (exact) mass is 284 g/mol. The van der Waals surface area contributed by atoms with Crippen LogP contribution in [0.3, 0.4) is 0 Å². The van der Waals surface area contributed by atoms with Crippen molar-refractivity contribution in [2.45, 2.75) is 110 Å². The molecule has 0 fully saturated rings. The molecule has 1 atom stereocenters. The van der Waals surface area contributed by atoms with Crippen molar-refractivity contribution in [3.63, 3.8) is 0 Å². The van der Waals surface area contributed by atoms with E-state index in [-0.39, 0.29) is 12.1 Å². The van der Waals surface area contributed by atoms with Crippen molar-refractivity contribution in [1.29, 1.82) is 0 Å². The van der Waals surface area contributed by atoms with E-state index in [0.717, 1.165) is 6.42 Å². The maximum absolute atomic E-state index is 10.8. The molecule has 1 unspecified atom stereocenters. The second-order valence-electron chi connectivity index (χ2n) is 6.10. The van der Waals surface area contributed by atoms with Crippen LogP contribution in [0.1, 0.15) is 104 Å². The largest absolute Gasteiger partial charge is 0.463 e. The van der Waals surface area contributed by atoms with E-state index >= 15 is 0 Å². The summed E-state index contributed by atoms with van der Waals surface area (Å²) in [5.41, 5.74) is 0. The van der Waals surface area contributed by atoms with Crippen molar-refractivity contribution in [3.8, 4) is 0 Å². The van der Waals surface area contributed by atoms with Gasteiger partial charge < -0.3 is 4.74 Å². The molecule has 0 aromatic carbocycles. The number of rotatable bonds is 14. The molecule has 0 heterocycles. The van der Waals surface area contributed by atoms with Gasteiger partial charge in [-0.2, -0.15) is 0 Å². The van der Waals surface area contributed by atoms with Gasteiger partial charge in [-0.1, -0.05) is 77.6 Å². The Kier molecular flexibility index (Phi) is 14.5. The fraction of sp³-hybridized carbons (Fsp3) is 0.944. The van der Waals surface area contributed by atoms with Gasteiger partial charge in [-0.3, -0.25) is 4.79 Å². The standard InChI is InChI=1S/C18H36O2/c1-4-5-6-7-8-9-10-11-12-13-14-15-16-17(2)20-18(3)19/h17H,4-16H2,1-3H3. The molecule has 20 heavy (non-hydrogen) atoms. The van der Waals surface area contributed by atoms with Gasteiger partial charge in [0.15, 0.2) is 0 Å². The van der Waals surface area contributed by atoms with Crippen molar-refractivity contribution in [2.24, 2.45) is 0 Å². The summed E-state index contributed by atoms with van der Waals surface area (Å²) in [5, 5.41) is 0. The Morgan fingerprint density at radius 1 is 0.800 bits per heavy atom. The first-order chi connectivity index (χ1) is 9.66. The van der Waals surface area contributed by atoms with Gasteiger partial charge in [0.25, 0.3) is 0 Å². The van der Waals surface area contributed by atoms with Crippen molar-refractivity contribution in [3.05, 3.63) is 0 Å². The fourth-order valence-corrected chi connectivity index (χ4v) is 2.62. The van der Waals surface area contributed by atoms with Crippen molar-refractivity contribution in [2.75, 3.05) is 0 Å². The van der Waals surface area contributed by atoms with Gasteiger partial charge in [0.1, 0.15) is 0 Å². The first-order valence-corrected chi connectivity index (χ1v) is 8.84. The molecule has 120 valence electrons. The molecule has 0 aliphatic heterocycles. The zero-order valence-corrected chi connectivity index (χ0v) is 14.1. The van der Waals surface area contributed by atoms with Crippen molar-refractivity contribution >= 4 is 5.97 Å². The lowest BCUT2D eigenvalue weighted by atomic mass is 10.0. The number of esters is 1. The van der Waals surface area contributed by atoms with Crippen LogP contribution >= 0.6 is 0 Å². The molecular formula is C18H36O2. The molecule has 0 bridgehead atoms. The van der Waals surface area contributed by atoms with E-state index in [4.69, 9.17) is 4.74 Å². The highest BCUT2D eigenvalue weighted by atomic mass is 16.5. The Labute approximate surface area is 126 Å². The quantitative estimate of drug-likeness (QED) is 0.287. The van der Waals surface area contributed by atoms with E-state index in [1.165, 1.54) is 84.0 Å². The summed E-state index contributed by atoms with van der Waals surface area (Å²) in [5.74, 6) is -0.156. The molecule has 0 spiro atoms. The van der Waals surface area contributed by atoms with Crippen LogP contribution in [0.5, 0.6) is 0 Å². The van der Waals surface area contributed by atoms with E-state index < -0.39 is 0 Å². The average molecular weight is 284 g/mol. The third-order valence-corrected chi connectivity index (χ3v) is 3.83. The Bertz CT molecular complexity index is 213. The van der Waals surface area contributed by atoms with Gasteiger partial charge in [0.2, 0.25) is 0 Å². The molecule has 0 aromatic heterocycles. The minimum atomic E-state index is -0.156. The van der Waals surface area contributed by atoms with Crippen LogP contribution in [0.2, 0.25) is 0 Å². The lowest BCUT2D eigenvalue weighted by molar-refractivity contribution is -0.145. The number of carbonyl (C=O) groups is 1. The van der Waals surface area contributed by atoms with Crippen molar-refractivity contribution < 1.29 is 9.53 Å². The van der Waals surface area contributed by atoms with Crippen LogP contribution in [0.4, 0.5) is 0 Å². The van der Waals surface area contributed by atoms with Crippen LogP contribution in [0.15, 0.2) is 0 Å². The molecule has 0 aliphatic rings. The summed E-state index contributed by atoms with van der Waals surface area (Å²) >= 11 is 0. The molecule has 0 N–H and O–H groups in total. The second kappa shape index (κ2) is 14.9. The predicted octanol–water partition coefficient (Wildman–Crippen LogP) is 6.03. The Balaban J connectivity index is 3.08. The van der Waals surface area contributed by atoms with Crippen molar-refractivity contribution in [1.82, 2.24) is 0 Å². The van der Waals surface area contributed by atoms with Crippen LogP contribution < -0.4 is 0 Å². The Morgan fingerprint density at radius 2 is 1.20 bits per heavy atom. The van der Waals surface area contributed by atoms with E-state index in [1.54, 1.807) is 0 Å². The third kappa shape index (κ3) is 15.5. The van der Waals surface area contributed by atoms with Crippen LogP contribution in [0, 0.1) is 0 Å². The molecule has 2 heteroatoms. The molecule has 2 nitrogen and oxygen atoms in total. The maximum Gasteiger partial charge on any atom is 0.302 e. The van der Waals surface area contributed by atoms with Gasteiger partial charge in [-0.15, -0.1) is 0 Å². The zero-order chi connectivity index (χ0) is 15.1.